The summed E-state index contributed by atoms with van der Waals surface area (Å²) in [4.78, 5) is 0. The van der Waals surface area contributed by atoms with Crippen LogP contribution in [0, 0.1) is 5.92 Å². The molecular formula is C13H20ClN. The van der Waals surface area contributed by atoms with Gasteiger partial charge in [-0.1, -0.05) is 37.6 Å². The summed E-state index contributed by atoms with van der Waals surface area (Å²) in [6.07, 6.45) is 1.06. The smallest absolute Gasteiger partial charge is 0.0406 e. The largest absolute Gasteiger partial charge is 0.314 e. The van der Waals surface area contributed by atoms with Gasteiger partial charge in [0, 0.05) is 11.1 Å². The fourth-order valence-corrected chi connectivity index (χ4v) is 1.46. The predicted molar refractivity (Wildman–Crippen MR) is 67.5 cm³/mol. The molecule has 1 nitrogen and oxygen atoms in total. The molecule has 84 valence electrons. The van der Waals surface area contributed by atoms with Crippen molar-refractivity contribution in [3.8, 4) is 0 Å². The van der Waals surface area contributed by atoms with Crippen LogP contribution in [0.15, 0.2) is 24.3 Å². The highest BCUT2D eigenvalue weighted by Crippen LogP contribution is 2.09. The van der Waals surface area contributed by atoms with E-state index < -0.39 is 0 Å². The lowest BCUT2D eigenvalue weighted by molar-refractivity contribution is 0.430. The molecule has 0 unspecified atom stereocenters. The van der Waals surface area contributed by atoms with Gasteiger partial charge in [0.05, 0.1) is 0 Å². The molecule has 15 heavy (non-hydrogen) atoms. The Kier molecular flexibility index (Phi) is 5.13. The highest BCUT2D eigenvalue weighted by molar-refractivity contribution is 6.30. The fourth-order valence-electron chi connectivity index (χ4n) is 1.33. The minimum absolute atomic E-state index is 0.581. The van der Waals surface area contributed by atoms with Gasteiger partial charge in [-0.15, -0.1) is 0 Å². The Morgan fingerprint density at radius 1 is 1.13 bits per heavy atom. The van der Waals surface area contributed by atoms with Crippen LogP contribution in [-0.4, -0.2) is 12.6 Å². The van der Waals surface area contributed by atoms with Crippen molar-refractivity contribution in [2.75, 3.05) is 6.54 Å². The van der Waals surface area contributed by atoms with Gasteiger partial charge in [0.1, 0.15) is 0 Å². The summed E-state index contributed by atoms with van der Waals surface area (Å²) in [5, 5.41) is 4.32. The van der Waals surface area contributed by atoms with Crippen LogP contribution >= 0.6 is 11.6 Å². The third-order valence-electron chi connectivity index (χ3n) is 2.79. The second kappa shape index (κ2) is 6.14. The van der Waals surface area contributed by atoms with Crippen molar-refractivity contribution >= 4 is 11.6 Å². The second-order valence-electron chi connectivity index (χ2n) is 4.36. The maximum atomic E-state index is 5.82. The summed E-state index contributed by atoms with van der Waals surface area (Å²) < 4.78 is 0. The van der Waals surface area contributed by atoms with E-state index in [1.807, 2.05) is 12.1 Å². The van der Waals surface area contributed by atoms with Crippen molar-refractivity contribution in [1.29, 1.82) is 0 Å². The van der Waals surface area contributed by atoms with Crippen LogP contribution in [0.1, 0.15) is 26.3 Å². The van der Waals surface area contributed by atoms with Crippen molar-refractivity contribution in [2.24, 2.45) is 5.92 Å². The molecule has 1 aromatic carbocycles. The Labute approximate surface area is 97.8 Å². The van der Waals surface area contributed by atoms with Crippen LogP contribution in [0.4, 0.5) is 0 Å². The number of hydrogen-bond acceptors (Lipinski definition) is 1. The number of halogens is 1. The van der Waals surface area contributed by atoms with E-state index in [1.165, 1.54) is 5.56 Å². The van der Waals surface area contributed by atoms with Gasteiger partial charge >= 0.3 is 0 Å². The summed E-state index contributed by atoms with van der Waals surface area (Å²) in [6.45, 7) is 7.73. The first kappa shape index (κ1) is 12.5. The molecule has 0 radical (unpaired) electrons. The Morgan fingerprint density at radius 2 is 1.73 bits per heavy atom. The standard InChI is InChI=1S/C13H20ClN/c1-10(2)11(3)15-9-8-12-4-6-13(14)7-5-12/h4-7,10-11,15H,8-9H2,1-3H3/t11-/m1/s1. The van der Waals surface area contributed by atoms with Crippen molar-refractivity contribution in [1.82, 2.24) is 5.32 Å². The van der Waals surface area contributed by atoms with Gasteiger partial charge in [-0.2, -0.15) is 0 Å². The minimum Gasteiger partial charge on any atom is -0.314 e. The molecule has 1 rings (SSSR count). The summed E-state index contributed by atoms with van der Waals surface area (Å²) in [7, 11) is 0. The van der Waals surface area contributed by atoms with E-state index in [0.29, 0.717) is 12.0 Å². The molecule has 1 aromatic rings. The van der Waals surface area contributed by atoms with E-state index in [4.69, 9.17) is 11.6 Å². The number of benzene rings is 1. The molecule has 0 aliphatic carbocycles. The first-order valence-electron chi connectivity index (χ1n) is 5.57. The summed E-state index contributed by atoms with van der Waals surface area (Å²) in [6, 6.07) is 8.65. The molecule has 2 heteroatoms. The third kappa shape index (κ3) is 4.67. The quantitative estimate of drug-likeness (QED) is 0.809. The van der Waals surface area contributed by atoms with Crippen LogP contribution < -0.4 is 5.32 Å². The van der Waals surface area contributed by atoms with Crippen LogP contribution in [0.5, 0.6) is 0 Å². The normalized spacial score (nSPS) is 13.1. The SMILES string of the molecule is CC(C)[C@@H](C)NCCc1ccc(Cl)cc1. The highest BCUT2D eigenvalue weighted by Gasteiger charge is 2.04. The number of rotatable bonds is 5. The maximum Gasteiger partial charge on any atom is 0.0406 e. The summed E-state index contributed by atoms with van der Waals surface area (Å²) in [5.74, 6) is 0.690. The lowest BCUT2D eigenvalue weighted by Crippen LogP contribution is -2.32. The Hall–Kier alpha value is -0.530. The lowest BCUT2D eigenvalue weighted by atomic mass is 10.1. The molecule has 0 amide bonds. The average Bonchev–Trinajstić information content (AvgIpc) is 2.20. The van der Waals surface area contributed by atoms with Gasteiger partial charge in [-0.3, -0.25) is 0 Å². The molecule has 0 fully saturated rings. The maximum absolute atomic E-state index is 5.82. The van der Waals surface area contributed by atoms with E-state index >= 15 is 0 Å². The number of nitrogens with one attached hydrogen (secondary N) is 1. The molecule has 1 atom stereocenters. The molecule has 0 saturated carbocycles. The Balaban J connectivity index is 2.29. The molecule has 0 aliphatic heterocycles. The van der Waals surface area contributed by atoms with E-state index in [9.17, 15) is 0 Å². The molecular weight excluding hydrogens is 206 g/mol. The molecule has 1 N–H and O–H groups in total. The topological polar surface area (TPSA) is 12.0 Å². The van der Waals surface area contributed by atoms with Gasteiger partial charge in [0.25, 0.3) is 0 Å². The molecule has 0 aromatic heterocycles. The predicted octanol–water partition coefficient (Wildman–Crippen LogP) is 3.52. The summed E-state index contributed by atoms with van der Waals surface area (Å²) in [5.41, 5.74) is 1.34. The van der Waals surface area contributed by atoms with E-state index in [1.54, 1.807) is 0 Å². The zero-order valence-electron chi connectivity index (χ0n) is 9.76. The Bertz CT molecular complexity index is 279. The van der Waals surface area contributed by atoms with Gasteiger partial charge in [0.2, 0.25) is 0 Å². The first-order valence-corrected chi connectivity index (χ1v) is 5.95. The minimum atomic E-state index is 0.581. The van der Waals surface area contributed by atoms with Gasteiger partial charge in [-0.25, -0.2) is 0 Å². The zero-order valence-corrected chi connectivity index (χ0v) is 10.5. The van der Waals surface area contributed by atoms with E-state index in [0.717, 1.165) is 18.0 Å². The van der Waals surface area contributed by atoms with Crippen LogP contribution in [-0.2, 0) is 6.42 Å². The van der Waals surface area contributed by atoms with E-state index in [-0.39, 0.29) is 0 Å². The van der Waals surface area contributed by atoms with Crippen LogP contribution in [0.2, 0.25) is 5.02 Å². The van der Waals surface area contributed by atoms with E-state index in [2.05, 4.69) is 38.2 Å². The van der Waals surface area contributed by atoms with Crippen molar-refractivity contribution in [3.63, 3.8) is 0 Å². The highest BCUT2D eigenvalue weighted by atomic mass is 35.5. The number of hydrogen-bond donors (Lipinski definition) is 1. The van der Waals surface area contributed by atoms with Crippen LogP contribution in [0.25, 0.3) is 0 Å². The second-order valence-corrected chi connectivity index (χ2v) is 4.80. The van der Waals surface area contributed by atoms with Gasteiger partial charge in [-0.05, 0) is 43.5 Å². The van der Waals surface area contributed by atoms with Gasteiger partial charge < -0.3 is 5.32 Å². The van der Waals surface area contributed by atoms with Crippen molar-refractivity contribution in [3.05, 3.63) is 34.9 Å². The van der Waals surface area contributed by atoms with Crippen molar-refractivity contribution in [2.45, 2.75) is 33.2 Å². The zero-order chi connectivity index (χ0) is 11.3. The Morgan fingerprint density at radius 3 is 2.27 bits per heavy atom. The molecule has 0 saturated heterocycles. The van der Waals surface area contributed by atoms with Crippen molar-refractivity contribution < 1.29 is 0 Å². The fraction of sp³-hybridized carbons (Fsp3) is 0.538. The van der Waals surface area contributed by atoms with Crippen LogP contribution in [0.3, 0.4) is 0 Å². The molecule has 0 spiro atoms. The van der Waals surface area contributed by atoms with Gasteiger partial charge in [0.15, 0.2) is 0 Å². The average molecular weight is 226 g/mol. The lowest BCUT2D eigenvalue weighted by Gasteiger charge is -2.17. The first-order chi connectivity index (χ1) is 7.09. The third-order valence-corrected chi connectivity index (χ3v) is 3.05. The monoisotopic (exact) mass is 225 g/mol. The summed E-state index contributed by atoms with van der Waals surface area (Å²) >= 11 is 5.82. The molecule has 0 bridgehead atoms. The molecule has 0 aliphatic rings. The molecule has 0 heterocycles.